The molecule has 0 saturated heterocycles. The van der Waals surface area contributed by atoms with Gasteiger partial charge in [0.05, 0.1) is 18.0 Å². The van der Waals surface area contributed by atoms with Crippen molar-refractivity contribution in [1.82, 2.24) is 0 Å². The van der Waals surface area contributed by atoms with Crippen LogP contribution < -0.4 is 0 Å². The van der Waals surface area contributed by atoms with Crippen LogP contribution in [0.4, 0.5) is 0 Å². The molecule has 0 amide bonds. The van der Waals surface area contributed by atoms with Gasteiger partial charge in [0, 0.05) is 28.9 Å². The van der Waals surface area contributed by atoms with Crippen LogP contribution >= 0.6 is 11.8 Å². The number of hydrogen-bond acceptors (Lipinski definition) is 8. The van der Waals surface area contributed by atoms with E-state index >= 15 is 0 Å². The number of aliphatic hydroxyl groups excluding tert-OH is 2. The first-order valence-corrected chi connectivity index (χ1v) is 8.61. The minimum absolute atomic E-state index is 0.136. The van der Waals surface area contributed by atoms with Crippen LogP contribution in [-0.4, -0.2) is 54.2 Å². The van der Waals surface area contributed by atoms with Crippen LogP contribution in [0.3, 0.4) is 0 Å². The maximum atomic E-state index is 10.8. The molecule has 0 heterocycles. The van der Waals surface area contributed by atoms with Crippen LogP contribution in [0.5, 0.6) is 28.7 Å². The van der Waals surface area contributed by atoms with Crippen molar-refractivity contribution in [3.8, 4) is 28.7 Å². The Morgan fingerprint density at radius 2 is 1.60 bits per heavy atom. The molecule has 8 heteroatoms. The third-order valence-corrected chi connectivity index (χ3v) is 5.63. The molecule has 0 fully saturated rings. The van der Waals surface area contributed by atoms with Gasteiger partial charge in [0.25, 0.3) is 0 Å². The lowest BCUT2D eigenvalue weighted by Gasteiger charge is -2.21. The molecule has 2 aromatic rings. The number of benzene rings is 2. The molecule has 0 bridgehead atoms. The van der Waals surface area contributed by atoms with Crippen LogP contribution in [0.25, 0.3) is 0 Å². The van der Waals surface area contributed by atoms with E-state index in [2.05, 4.69) is 0 Å². The first kappa shape index (κ1) is 17.5. The Kier molecular flexibility index (Phi) is 4.59. The minimum atomic E-state index is -1.09. The maximum Gasteiger partial charge on any atom is 0.200 e. The molecule has 1 aliphatic rings. The third kappa shape index (κ3) is 2.82. The maximum absolute atomic E-state index is 10.8. The molecule has 0 saturated carbocycles. The molecule has 0 radical (unpaired) electrons. The van der Waals surface area contributed by atoms with E-state index in [1.807, 2.05) is 0 Å². The highest BCUT2D eigenvalue weighted by molar-refractivity contribution is 7.99. The molecule has 1 aliphatic carbocycles. The second-order valence-electron chi connectivity index (χ2n) is 5.82. The summed E-state index contributed by atoms with van der Waals surface area (Å²) in [5, 5.41) is 68.8. The van der Waals surface area contributed by atoms with Gasteiger partial charge in [-0.3, -0.25) is 0 Å². The Bertz CT molecular complexity index is 808. The Labute approximate surface area is 147 Å². The number of aromatic hydroxyl groups is 5. The first-order valence-electron chi connectivity index (χ1n) is 7.56. The van der Waals surface area contributed by atoms with Crippen molar-refractivity contribution in [2.45, 2.75) is 17.3 Å². The molecule has 2 aromatic carbocycles. The highest BCUT2D eigenvalue weighted by Gasteiger charge is 2.44. The van der Waals surface area contributed by atoms with Crippen molar-refractivity contribution in [3.05, 3.63) is 41.0 Å². The van der Waals surface area contributed by atoms with Crippen LogP contribution in [0.2, 0.25) is 0 Å². The zero-order chi connectivity index (χ0) is 18.3. The summed E-state index contributed by atoms with van der Waals surface area (Å²) in [6.45, 7) is -0.136. The highest BCUT2D eigenvalue weighted by Crippen LogP contribution is 2.58. The van der Waals surface area contributed by atoms with E-state index in [9.17, 15) is 30.6 Å². The molecule has 7 N–H and O–H groups in total. The number of rotatable bonds is 4. The molecular formula is C17H18O7S. The van der Waals surface area contributed by atoms with Crippen molar-refractivity contribution in [2.24, 2.45) is 0 Å². The van der Waals surface area contributed by atoms with Gasteiger partial charge in [-0.1, -0.05) is 6.07 Å². The lowest BCUT2D eigenvalue weighted by molar-refractivity contribution is 0.164. The monoisotopic (exact) mass is 366 g/mol. The Hall–Kier alpha value is -2.29. The molecule has 0 unspecified atom stereocenters. The SMILES string of the molecule is OCCS[C@@H]1c2c(cc(O)c(O)c2O)[C@@H](c2ccc(O)cc2O)[C@H]1O. The molecule has 3 atom stereocenters. The van der Waals surface area contributed by atoms with Crippen molar-refractivity contribution < 1.29 is 35.7 Å². The van der Waals surface area contributed by atoms with E-state index in [4.69, 9.17) is 5.11 Å². The van der Waals surface area contributed by atoms with Gasteiger partial charge in [-0.2, -0.15) is 0 Å². The van der Waals surface area contributed by atoms with Crippen LogP contribution in [0, 0.1) is 0 Å². The lowest BCUT2D eigenvalue weighted by atomic mass is 9.90. The summed E-state index contributed by atoms with van der Waals surface area (Å²) < 4.78 is 0. The molecule has 25 heavy (non-hydrogen) atoms. The third-order valence-electron chi connectivity index (χ3n) is 4.33. The average molecular weight is 366 g/mol. The smallest absolute Gasteiger partial charge is 0.200 e. The van der Waals surface area contributed by atoms with Crippen LogP contribution in [0.15, 0.2) is 24.3 Å². The summed E-state index contributed by atoms with van der Waals surface area (Å²) in [5.74, 6) is -2.65. The quantitative estimate of drug-likeness (QED) is 0.404. The second-order valence-corrected chi connectivity index (χ2v) is 7.07. The Balaban J connectivity index is 2.19. The van der Waals surface area contributed by atoms with E-state index in [-0.39, 0.29) is 29.4 Å². The molecule has 0 spiro atoms. The summed E-state index contributed by atoms with van der Waals surface area (Å²) >= 11 is 1.19. The average Bonchev–Trinajstić information content (AvgIpc) is 2.83. The predicted molar refractivity (Wildman–Crippen MR) is 91.3 cm³/mol. The molecule has 0 aliphatic heterocycles. The normalized spacial score (nSPS) is 22.1. The van der Waals surface area contributed by atoms with Gasteiger partial charge in [0.2, 0.25) is 5.75 Å². The van der Waals surface area contributed by atoms with Gasteiger partial charge >= 0.3 is 0 Å². The fourth-order valence-corrected chi connectivity index (χ4v) is 4.40. The van der Waals surface area contributed by atoms with E-state index in [1.54, 1.807) is 0 Å². The fraction of sp³-hybridized carbons (Fsp3) is 0.294. The lowest BCUT2D eigenvalue weighted by Crippen LogP contribution is -2.18. The number of phenols is 5. The Morgan fingerprint density at radius 3 is 2.24 bits per heavy atom. The van der Waals surface area contributed by atoms with E-state index in [0.717, 1.165) is 6.07 Å². The van der Waals surface area contributed by atoms with E-state index in [1.165, 1.54) is 30.0 Å². The zero-order valence-electron chi connectivity index (χ0n) is 13.0. The molecule has 134 valence electrons. The summed E-state index contributed by atoms with van der Waals surface area (Å²) in [4.78, 5) is 0. The summed E-state index contributed by atoms with van der Waals surface area (Å²) in [6, 6.07) is 5.18. The Morgan fingerprint density at radius 1 is 0.880 bits per heavy atom. The molecule has 3 rings (SSSR count). The zero-order valence-corrected chi connectivity index (χ0v) is 13.8. The number of fused-ring (bicyclic) bond motifs is 1. The fourth-order valence-electron chi connectivity index (χ4n) is 3.27. The number of phenolic OH excluding ortho intramolecular Hbond substituents is 5. The minimum Gasteiger partial charge on any atom is -0.508 e. The van der Waals surface area contributed by atoms with E-state index < -0.39 is 34.5 Å². The van der Waals surface area contributed by atoms with Crippen LogP contribution in [-0.2, 0) is 0 Å². The predicted octanol–water partition coefficient (Wildman–Crippen LogP) is 1.49. The van der Waals surface area contributed by atoms with Crippen molar-refractivity contribution in [1.29, 1.82) is 0 Å². The van der Waals surface area contributed by atoms with Gasteiger partial charge < -0.3 is 35.7 Å². The summed E-state index contributed by atoms with van der Waals surface area (Å²) in [7, 11) is 0. The van der Waals surface area contributed by atoms with Crippen molar-refractivity contribution in [2.75, 3.05) is 12.4 Å². The van der Waals surface area contributed by atoms with Gasteiger partial charge in [-0.05, 0) is 17.7 Å². The topological polar surface area (TPSA) is 142 Å². The van der Waals surface area contributed by atoms with Crippen LogP contribution in [0.1, 0.15) is 27.9 Å². The number of aliphatic hydroxyl groups is 2. The van der Waals surface area contributed by atoms with E-state index in [0.29, 0.717) is 11.1 Å². The van der Waals surface area contributed by atoms with Gasteiger partial charge in [0.15, 0.2) is 11.5 Å². The first-order chi connectivity index (χ1) is 11.9. The largest absolute Gasteiger partial charge is 0.508 e. The molecule has 0 aromatic heterocycles. The highest BCUT2D eigenvalue weighted by atomic mass is 32.2. The summed E-state index contributed by atoms with van der Waals surface area (Å²) in [6.07, 6.45) is -1.09. The van der Waals surface area contributed by atoms with Gasteiger partial charge in [-0.15, -0.1) is 11.8 Å². The second kappa shape index (κ2) is 6.55. The molecule has 7 nitrogen and oxygen atoms in total. The standard InChI is InChI=1S/C17H18O7S/c18-3-4-25-17-13-9(6-11(21)14(22)15(13)23)12(16(17)24)8-2-1-7(19)5-10(8)20/h1-2,5-6,12,16-24H,3-4H2/t12-,16-,17-/m1/s1. The number of hydrogen-bond donors (Lipinski definition) is 7. The summed E-state index contributed by atoms with van der Waals surface area (Å²) in [5.41, 5.74) is 0.915. The van der Waals surface area contributed by atoms with Gasteiger partial charge in [-0.25, -0.2) is 0 Å². The molecular weight excluding hydrogens is 348 g/mol. The van der Waals surface area contributed by atoms with Crippen molar-refractivity contribution in [3.63, 3.8) is 0 Å². The number of thioether (sulfide) groups is 1. The van der Waals surface area contributed by atoms with Gasteiger partial charge in [0.1, 0.15) is 11.5 Å². The van der Waals surface area contributed by atoms with Crippen molar-refractivity contribution >= 4 is 11.8 Å².